The zero-order valence-corrected chi connectivity index (χ0v) is 33.9. The first-order chi connectivity index (χ1) is 26.9. The highest BCUT2D eigenvalue weighted by molar-refractivity contribution is 5.84. The molecule has 10 heteroatoms. The Hall–Kier alpha value is -4.74. The van der Waals surface area contributed by atoms with Crippen LogP contribution in [0.5, 0.6) is 11.5 Å². The molecule has 302 valence electrons. The van der Waals surface area contributed by atoms with Crippen molar-refractivity contribution in [1.29, 1.82) is 0 Å². The van der Waals surface area contributed by atoms with Gasteiger partial charge in [0, 0.05) is 38.3 Å². The third-order valence-corrected chi connectivity index (χ3v) is 10.7. The molecule has 10 nitrogen and oxygen atoms in total. The Morgan fingerprint density at radius 1 is 0.607 bits per heavy atom. The van der Waals surface area contributed by atoms with Crippen LogP contribution in [0.15, 0.2) is 109 Å². The molecule has 56 heavy (non-hydrogen) atoms. The lowest BCUT2D eigenvalue weighted by atomic mass is 9.93. The Kier molecular flexibility index (Phi) is 17.8. The summed E-state index contributed by atoms with van der Waals surface area (Å²) >= 11 is 0. The normalized spacial score (nSPS) is 20.9. The number of likely N-dealkylation sites (tertiary alicyclic amines) is 2. The number of carbonyl (C=O) groups is 2. The third-order valence-electron chi connectivity index (χ3n) is 10.7. The number of rotatable bonds is 13. The smallest absolute Gasteiger partial charge is 0.349 e. The summed E-state index contributed by atoms with van der Waals surface area (Å²) in [4.78, 5) is 28.1. The maximum Gasteiger partial charge on any atom is 0.349 e. The van der Waals surface area contributed by atoms with Gasteiger partial charge in [0.05, 0.1) is 0 Å². The highest BCUT2D eigenvalue weighted by atomic mass is 16.6. The van der Waals surface area contributed by atoms with Gasteiger partial charge in [-0.15, -0.1) is 0 Å². The monoisotopic (exact) mass is 766 g/mol. The predicted octanol–water partition coefficient (Wildman–Crippen LogP) is 6.90. The Bertz CT molecular complexity index is 1600. The molecule has 0 aliphatic carbocycles. The number of carboxylic acids is 2. The van der Waals surface area contributed by atoms with E-state index in [9.17, 15) is 19.8 Å². The summed E-state index contributed by atoms with van der Waals surface area (Å²) in [5.74, 6) is -0.724. The Labute approximate surface area is 333 Å². The fourth-order valence-electron chi connectivity index (χ4n) is 7.01. The maximum atomic E-state index is 11.5. The van der Waals surface area contributed by atoms with Crippen molar-refractivity contribution in [3.63, 3.8) is 0 Å². The third kappa shape index (κ3) is 14.4. The molecule has 0 radical (unpaired) electrons. The van der Waals surface area contributed by atoms with E-state index in [1.807, 2.05) is 13.8 Å². The minimum absolute atomic E-state index is 0.256. The van der Waals surface area contributed by atoms with Gasteiger partial charge in [0.2, 0.25) is 12.2 Å². The average molecular weight is 767 g/mol. The molecule has 0 saturated carbocycles. The number of carboxylic acid groups (broad SMARTS) is 2. The van der Waals surface area contributed by atoms with Gasteiger partial charge >= 0.3 is 11.9 Å². The largest absolute Gasteiger partial charge is 0.478 e. The van der Waals surface area contributed by atoms with Crippen LogP contribution in [0, 0.1) is 25.7 Å². The second kappa shape index (κ2) is 22.7. The van der Waals surface area contributed by atoms with Crippen molar-refractivity contribution >= 4 is 11.9 Å². The van der Waals surface area contributed by atoms with Gasteiger partial charge in [-0.2, -0.15) is 0 Å². The van der Waals surface area contributed by atoms with Crippen LogP contribution >= 0.6 is 0 Å². The molecule has 2 saturated heterocycles. The van der Waals surface area contributed by atoms with Gasteiger partial charge in [0.25, 0.3) is 0 Å². The summed E-state index contributed by atoms with van der Waals surface area (Å²) in [6, 6.07) is 36.1. The van der Waals surface area contributed by atoms with Crippen LogP contribution in [0.4, 0.5) is 0 Å². The first-order valence-corrected chi connectivity index (χ1v) is 19.7. The van der Waals surface area contributed by atoms with Crippen LogP contribution in [-0.4, -0.2) is 96.5 Å². The number of hydrogen-bond acceptors (Lipinski definition) is 8. The standard InChI is InChI=1S/C18H18O6.2C14H22N2/c1-11-3-7-13(8-4-11)23-15(17(19)20)16(18(21)22)24-14-9-5-12(2)6-10-14;2*1-12-8-9-16(11-14(12)15-2)10-13-6-4-3-5-7-13/h3-10,15-16H,1-2H3,(H,19,20)(H,21,22);2*3-7,12,14-15H,8-11H2,1-2H3/t15-,16-;2*12-,14+/m111/s1. The van der Waals surface area contributed by atoms with E-state index >= 15 is 0 Å². The molecule has 6 atom stereocenters. The number of aliphatic carboxylic acids is 2. The molecule has 2 aliphatic heterocycles. The van der Waals surface area contributed by atoms with Crippen molar-refractivity contribution in [2.45, 2.75) is 77.9 Å². The van der Waals surface area contributed by atoms with E-state index in [2.05, 4.69) is 109 Å². The van der Waals surface area contributed by atoms with E-state index in [1.165, 1.54) is 50.1 Å². The first kappa shape index (κ1) is 44.0. The van der Waals surface area contributed by atoms with Gasteiger partial charge in [-0.3, -0.25) is 9.80 Å². The van der Waals surface area contributed by atoms with Crippen LogP contribution in [0.25, 0.3) is 0 Å². The fraction of sp³-hybridized carbons (Fsp3) is 0.435. The quantitative estimate of drug-likeness (QED) is 0.114. The molecule has 0 aromatic heterocycles. The maximum absolute atomic E-state index is 11.5. The highest BCUT2D eigenvalue weighted by Gasteiger charge is 2.38. The van der Waals surface area contributed by atoms with Crippen molar-refractivity contribution in [2.24, 2.45) is 11.8 Å². The number of nitrogens with one attached hydrogen (secondary N) is 2. The molecular weight excluding hydrogens is 705 g/mol. The lowest BCUT2D eigenvalue weighted by molar-refractivity contribution is -0.161. The molecule has 0 spiro atoms. The number of nitrogens with zero attached hydrogens (tertiary/aromatic N) is 2. The molecule has 0 bridgehead atoms. The molecule has 0 amide bonds. The van der Waals surface area contributed by atoms with E-state index in [4.69, 9.17) is 9.47 Å². The second-order valence-electron chi connectivity index (χ2n) is 15.1. The molecule has 6 rings (SSSR count). The van der Waals surface area contributed by atoms with Crippen LogP contribution in [-0.2, 0) is 22.7 Å². The summed E-state index contributed by atoms with van der Waals surface area (Å²) in [6.45, 7) is 15.4. The number of piperidine rings is 2. The van der Waals surface area contributed by atoms with Gasteiger partial charge in [0.1, 0.15) is 11.5 Å². The Morgan fingerprint density at radius 2 is 0.946 bits per heavy atom. The van der Waals surface area contributed by atoms with Gasteiger partial charge in [-0.1, -0.05) is 110 Å². The minimum Gasteiger partial charge on any atom is -0.478 e. The molecule has 4 N–H and O–H groups in total. The van der Waals surface area contributed by atoms with Gasteiger partial charge in [-0.05, 0) is 101 Å². The van der Waals surface area contributed by atoms with Crippen LogP contribution < -0.4 is 20.1 Å². The molecule has 4 aromatic carbocycles. The van der Waals surface area contributed by atoms with Gasteiger partial charge < -0.3 is 30.3 Å². The summed E-state index contributed by atoms with van der Waals surface area (Å²) in [7, 11) is 4.15. The number of hydrogen-bond donors (Lipinski definition) is 4. The van der Waals surface area contributed by atoms with E-state index < -0.39 is 24.1 Å². The summed E-state index contributed by atoms with van der Waals surface area (Å²) < 4.78 is 10.7. The van der Waals surface area contributed by atoms with Crippen molar-refractivity contribution in [1.82, 2.24) is 20.4 Å². The lowest BCUT2D eigenvalue weighted by Crippen LogP contribution is -2.48. The Balaban J connectivity index is 0.000000192. The topological polar surface area (TPSA) is 124 Å². The average Bonchev–Trinajstić information content (AvgIpc) is 3.20. The second-order valence-corrected chi connectivity index (χ2v) is 15.1. The van der Waals surface area contributed by atoms with Crippen LogP contribution in [0.2, 0.25) is 0 Å². The number of likely N-dealkylation sites (N-methyl/N-ethyl adjacent to an activating group) is 2. The SMILES string of the molecule is CN[C@H]1CN(Cc2ccccc2)CC[C@H]1C.CN[C@H]1CN(Cc2ccccc2)CC[C@H]1C.Cc1ccc(O[C@@H](C(=O)O)[C@@H](Oc2ccc(C)cc2)C(=O)O)cc1. The molecule has 4 aromatic rings. The predicted molar refractivity (Wildman–Crippen MR) is 223 cm³/mol. The molecular formula is C46H62N4O6. The van der Waals surface area contributed by atoms with Crippen molar-refractivity contribution in [2.75, 3.05) is 40.3 Å². The van der Waals surface area contributed by atoms with E-state index in [1.54, 1.807) is 48.5 Å². The molecule has 2 fully saturated rings. The summed E-state index contributed by atoms with van der Waals surface area (Å²) in [5.41, 5.74) is 4.79. The van der Waals surface area contributed by atoms with Gasteiger partial charge in [0.15, 0.2) is 0 Å². The lowest BCUT2D eigenvalue weighted by Gasteiger charge is -2.37. The fourth-order valence-corrected chi connectivity index (χ4v) is 7.01. The zero-order valence-electron chi connectivity index (χ0n) is 33.9. The number of ether oxygens (including phenoxy) is 2. The van der Waals surface area contributed by atoms with Crippen LogP contribution in [0.3, 0.4) is 0 Å². The molecule has 0 unspecified atom stereocenters. The van der Waals surface area contributed by atoms with Crippen molar-refractivity contribution in [3.8, 4) is 11.5 Å². The van der Waals surface area contributed by atoms with Crippen molar-refractivity contribution < 1.29 is 29.3 Å². The van der Waals surface area contributed by atoms with Gasteiger partial charge in [-0.25, -0.2) is 9.59 Å². The zero-order chi connectivity index (χ0) is 40.5. The summed E-state index contributed by atoms with van der Waals surface area (Å²) in [6.07, 6.45) is -0.769. The first-order valence-electron chi connectivity index (χ1n) is 19.7. The Morgan fingerprint density at radius 3 is 1.25 bits per heavy atom. The van der Waals surface area contributed by atoms with Crippen LogP contribution in [0.1, 0.15) is 48.9 Å². The summed E-state index contributed by atoms with van der Waals surface area (Å²) in [5, 5.41) is 25.6. The number of aryl methyl sites for hydroxylation is 2. The van der Waals surface area contributed by atoms with E-state index in [-0.39, 0.29) is 11.5 Å². The highest BCUT2D eigenvalue weighted by Crippen LogP contribution is 2.22. The minimum atomic E-state index is -1.69. The molecule has 2 aliphatic rings. The van der Waals surface area contributed by atoms with E-state index in [0.29, 0.717) is 12.1 Å². The van der Waals surface area contributed by atoms with E-state index in [0.717, 1.165) is 36.1 Å². The van der Waals surface area contributed by atoms with Crippen molar-refractivity contribution in [3.05, 3.63) is 131 Å². The molecule has 2 heterocycles. The number of benzene rings is 4.